The molecule has 1 atom stereocenters. The number of aryl methyl sites for hydroxylation is 1. The molecule has 4 heteroatoms. The van der Waals surface area contributed by atoms with E-state index in [2.05, 4.69) is 12.2 Å². The molecule has 0 radical (unpaired) electrons. The van der Waals surface area contributed by atoms with Gasteiger partial charge in [0.15, 0.2) is 0 Å². The molecule has 156 valence electrons. The summed E-state index contributed by atoms with van der Waals surface area (Å²) in [4.78, 5) is 11.7. The Kier molecular flexibility index (Phi) is 7.43. The number of rotatable bonds is 8. The second-order valence-corrected chi connectivity index (χ2v) is 8.34. The minimum absolute atomic E-state index is 0.00907. The zero-order chi connectivity index (χ0) is 20.8. The molecule has 0 bridgehead atoms. The van der Waals surface area contributed by atoms with Crippen molar-refractivity contribution in [2.45, 2.75) is 71.4 Å². The summed E-state index contributed by atoms with van der Waals surface area (Å²) in [5.41, 5.74) is 2.92. The number of halogens is 1. The van der Waals surface area contributed by atoms with E-state index >= 15 is 0 Å². The Labute approximate surface area is 173 Å². The molecule has 1 aliphatic carbocycles. The summed E-state index contributed by atoms with van der Waals surface area (Å²) >= 11 is 0. The number of nitrogens with one attached hydrogen (secondary N) is 1. The number of hydrogen-bond donors (Lipinski definition) is 2. The fourth-order valence-corrected chi connectivity index (χ4v) is 4.50. The van der Waals surface area contributed by atoms with Crippen LogP contribution in [0.1, 0.15) is 73.4 Å². The summed E-state index contributed by atoms with van der Waals surface area (Å²) in [6, 6.07) is 10.9. The molecule has 1 aliphatic rings. The van der Waals surface area contributed by atoms with E-state index in [0.29, 0.717) is 23.7 Å². The fourth-order valence-electron chi connectivity index (χ4n) is 4.50. The van der Waals surface area contributed by atoms with Crippen molar-refractivity contribution in [3.8, 4) is 11.1 Å². The molecular formula is C25H32FNO2. The highest BCUT2D eigenvalue weighted by Crippen LogP contribution is 2.30. The lowest BCUT2D eigenvalue weighted by Gasteiger charge is -2.27. The first-order chi connectivity index (χ1) is 14.0. The Morgan fingerprint density at radius 2 is 1.90 bits per heavy atom. The molecule has 2 aromatic carbocycles. The second-order valence-electron chi connectivity index (χ2n) is 8.34. The third-order valence-corrected chi connectivity index (χ3v) is 6.27. The first-order valence-corrected chi connectivity index (χ1v) is 10.8. The van der Waals surface area contributed by atoms with Crippen LogP contribution in [-0.4, -0.2) is 17.1 Å². The van der Waals surface area contributed by atoms with E-state index in [0.717, 1.165) is 29.9 Å². The van der Waals surface area contributed by atoms with E-state index in [4.69, 9.17) is 0 Å². The lowest BCUT2D eigenvalue weighted by molar-refractivity contribution is 0.0697. The molecule has 3 nitrogen and oxygen atoms in total. The van der Waals surface area contributed by atoms with Gasteiger partial charge in [0.2, 0.25) is 0 Å². The van der Waals surface area contributed by atoms with Gasteiger partial charge < -0.3 is 10.4 Å². The van der Waals surface area contributed by atoms with E-state index in [1.165, 1.54) is 38.2 Å². The first kappa shape index (κ1) is 21.5. The number of aromatic carboxylic acids is 1. The van der Waals surface area contributed by atoms with Crippen LogP contribution in [0.2, 0.25) is 0 Å². The average Bonchev–Trinajstić information content (AvgIpc) is 2.72. The average molecular weight is 398 g/mol. The lowest BCUT2D eigenvalue weighted by Crippen LogP contribution is -2.31. The molecule has 2 N–H and O–H groups in total. The van der Waals surface area contributed by atoms with Gasteiger partial charge in [-0.05, 0) is 54.5 Å². The Balaban J connectivity index is 1.80. The van der Waals surface area contributed by atoms with Crippen molar-refractivity contribution in [1.29, 1.82) is 0 Å². The molecule has 1 fully saturated rings. The van der Waals surface area contributed by atoms with Gasteiger partial charge in [-0.1, -0.05) is 63.3 Å². The third kappa shape index (κ3) is 5.45. The molecule has 0 aromatic heterocycles. The van der Waals surface area contributed by atoms with Crippen LogP contribution in [0.3, 0.4) is 0 Å². The van der Waals surface area contributed by atoms with Gasteiger partial charge in [0, 0.05) is 18.2 Å². The Morgan fingerprint density at radius 1 is 1.17 bits per heavy atom. The van der Waals surface area contributed by atoms with Crippen molar-refractivity contribution in [2.24, 2.45) is 5.92 Å². The maximum absolute atomic E-state index is 14.7. The second kappa shape index (κ2) is 10.0. The standard InChI is InChI=1S/C25H32FNO2/c1-3-20(13-18-10-5-4-6-11-18)27-16-19-14-22(21-12-8-7-9-17(21)2)23(25(28)29)15-24(19)26/h7-9,12,14-15,18,20,27H,3-6,10-11,13,16H2,1-2H3,(H,28,29)/t20-/m1/s1. The van der Waals surface area contributed by atoms with Gasteiger partial charge in [-0.25, -0.2) is 9.18 Å². The monoisotopic (exact) mass is 397 g/mol. The molecule has 1 saturated carbocycles. The van der Waals surface area contributed by atoms with Gasteiger partial charge in [0.05, 0.1) is 5.56 Å². The van der Waals surface area contributed by atoms with Crippen LogP contribution in [0.4, 0.5) is 4.39 Å². The summed E-state index contributed by atoms with van der Waals surface area (Å²) in [5, 5.41) is 13.1. The molecular weight excluding hydrogens is 365 g/mol. The predicted octanol–water partition coefficient (Wildman–Crippen LogP) is 6.34. The van der Waals surface area contributed by atoms with Crippen LogP contribution < -0.4 is 5.32 Å². The molecule has 0 heterocycles. The van der Waals surface area contributed by atoms with Crippen LogP contribution in [0.15, 0.2) is 36.4 Å². The van der Waals surface area contributed by atoms with Crippen molar-refractivity contribution < 1.29 is 14.3 Å². The number of hydrogen-bond acceptors (Lipinski definition) is 2. The number of carboxylic acid groups (broad SMARTS) is 1. The lowest BCUT2D eigenvalue weighted by atomic mass is 9.84. The maximum atomic E-state index is 14.7. The molecule has 0 amide bonds. The summed E-state index contributed by atoms with van der Waals surface area (Å²) in [5.74, 6) is -0.798. The molecule has 0 unspecified atom stereocenters. The van der Waals surface area contributed by atoms with Gasteiger partial charge in [0.1, 0.15) is 5.82 Å². The maximum Gasteiger partial charge on any atom is 0.336 e. The van der Waals surface area contributed by atoms with E-state index in [9.17, 15) is 14.3 Å². The SMILES string of the molecule is CC[C@H](CC1CCCCC1)NCc1cc(-c2ccccc2C)c(C(=O)O)cc1F. The minimum atomic E-state index is -1.11. The Bertz CT molecular complexity index is 843. The Hall–Kier alpha value is -2.20. The normalized spacial score (nSPS) is 16.0. The van der Waals surface area contributed by atoms with Crippen LogP contribution in [0.25, 0.3) is 11.1 Å². The van der Waals surface area contributed by atoms with E-state index in [1.54, 1.807) is 6.07 Å². The van der Waals surface area contributed by atoms with Gasteiger partial charge in [-0.3, -0.25) is 0 Å². The van der Waals surface area contributed by atoms with Crippen LogP contribution in [0, 0.1) is 18.7 Å². The van der Waals surface area contributed by atoms with Crippen LogP contribution >= 0.6 is 0 Å². The van der Waals surface area contributed by atoms with Crippen molar-refractivity contribution >= 4 is 5.97 Å². The molecule has 3 rings (SSSR count). The molecule has 0 spiro atoms. The summed E-state index contributed by atoms with van der Waals surface area (Å²) < 4.78 is 14.7. The zero-order valence-electron chi connectivity index (χ0n) is 17.5. The van der Waals surface area contributed by atoms with E-state index < -0.39 is 11.8 Å². The predicted molar refractivity (Wildman–Crippen MR) is 116 cm³/mol. The Morgan fingerprint density at radius 3 is 2.55 bits per heavy atom. The topological polar surface area (TPSA) is 49.3 Å². The fraction of sp³-hybridized carbons (Fsp3) is 0.480. The highest BCUT2D eigenvalue weighted by atomic mass is 19.1. The summed E-state index contributed by atoms with van der Waals surface area (Å²) in [7, 11) is 0. The third-order valence-electron chi connectivity index (χ3n) is 6.27. The zero-order valence-corrected chi connectivity index (χ0v) is 17.5. The van der Waals surface area contributed by atoms with Gasteiger partial charge >= 0.3 is 5.97 Å². The smallest absolute Gasteiger partial charge is 0.336 e. The summed E-state index contributed by atoms with van der Waals surface area (Å²) in [6.45, 7) is 4.53. The van der Waals surface area contributed by atoms with Crippen LogP contribution in [-0.2, 0) is 6.54 Å². The van der Waals surface area contributed by atoms with E-state index in [1.807, 2.05) is 31.2 Å². The highest BCUT2D eigenvalue weighted by molar-refractivity contribution is 5.96. The van der Waals surface area contributed by atoms with E-state index in [-0.39, 0.29) is 5.56 Å². The van der Waals surface area contributed by atoms with Gasteiger partial charge in [-0.2, -0.15) is 0 Å². The van der Waals surface area contributed by atoms with Crippen molar-refractivity contribution in [1.82, 2.24) is 5.32 Å². The number of carboxylic acids is 1. The van der Waals surface area contributed by atoms with Gasteiger partial charge in [-0.15, -0.1) is 0 Å². The van der Waals surface area contributed by atoms with Gasteiger partial charge in [0.25, 0.3) is 0 Å². The first-order valence-electron chi connectivity index (χ1n) is 10.8. The molecule has 0 aliphatic heterocycles. The molecule has 0 saturated heterocycles. The van der Waals surface area contributed by atoms with Crippen molar-refractivity contribution in [3.05, 3.63) is 58.9 Å². The highest BCUT2D eigenvalue weighted by Gasteiger charge is 2.20. The van der Waals surface area contributed by atoms with Crippen molar-refractivity contribution in [2.75, 3.05) is 0 Å². The number of benzene rings is 2. The minimum Gasteiger partial charge on any atom is -0.478 e. The van der Waals surface area contributed by atoms with Crippen molar-refractivity contribution in [3.63, 3.8) is 0 Å². The van der Waals surface area contributed by atoms with Crippen LogP contribution in [0.5, 0.6) is 0 Å². The largest absolute Gasteiger partial charge is 0.478 e. The molecule has 29 heavy (non-hydrogen) atoms. The summed E-state index contributed by atoms with van der Waals surface area (Å²) in [6.07, 6.45) is 8.75. The number of carbonyl (C=O) groups is 1. The quantitative estimate of drug-likeness (QED) is 0.546. The molecule has 2 aromatic rings.